The number of rotatable bonds is 5. The third-order valence-electron chi connectivity index (χ3n) is 1.97. The van der Waals surface area contributed by atoms with Gasteiger partial charge in [-0.1, -0.05) is 24.3 Å². The zero-order valence-corrected chi connectivity index (χ0v) is 11.0. The maximum absolute atomic E-state index is 11.8. The predicted octanol–water partition coefficient (Wildman–Crippen LogP) is 3.44. The second kappa shape index (κ2) is 7.32. The Morgan fingerprint density at radius 2 is 1.90 bits per heavy atom. The fourth-order valence-electron chi connectivity index (χ4n) is 1.21. The van der Waals surface area contributed by atoms with Crippen molar-refractivity contribution in [3.05, 3.63) is 35.9 Å². The van der Waals surface area contributed by atoms with Gasteiger partial charge in [0, 0.05) is 25.9 Å². The lowest BCUT2D eigenvalue weighted by Gasteiger charge is -2.03. The van der Waals surface area contributed by atoms with Gasteiger partial charge in [0.15, 0.2) is 6.40 Å². The molecule has 1 aromatic carbocycles. The van der Waals surface area contributed by atoms with E-state index in [1.807, 2.05) is 0 Å². The minimum atomic E-state index is -4.73. The van der Waals surface area contributed by atoms with Gasteiger partial charge in [-0.05, 0) is 12.1 Å². The van der Waals surface area contributed by atoms with Gasteiger partial charge in [-0.2, -0.15) is 5.10 Å². The molecule has 4 nitrogen and oxygen atoms in total. The van der Waals surface area contributed by atoms with Crippen LogP contribution in [-0.4, -0.2) is 38.1 Å². The van der Waals surface area contributed by atoms with Crippen LogP contribution in [-0.2, 0) is 4.74 Å². The summed E-state index contributed by atoms with van der Waals surface area (Å²) in [4.78, 5) is 3.63. The largest absolute Gasteiger partial charge is 0.573 e. The first kappa shape index (κ1) is 15.7. The maximum Gasteiger partial charge on any atom is 0.573 e. The number of nitrogens with zero attached hydrogens (tertiary/aromatic N) is 3. The molecule has 7 heteroatoms. The van der Waals surface area contributed by atoms with Gasteiger partial charge in [0.25, 0.3) is 0 Å². The Kier molecular flexibility index (Phi) is 5.76. The van der Waals surface area contributed by atoms with Crippen LogP contribution in [0.3, 0.4) is 0 Å². The number of hydrogen-bond donors (Lipinski definition) is 0. The normalized spacial score (nSPS) is 12.7. The number of allylic oxidation sites excluding steroid dienone is 1. The van der Waals surface area contributed by atoms with E-state index in [1.54, 1.807) is 61.7 Å². The van der Waals surface area contributed by atoms with Crippen molar-refractivity contribution in [3.63, 3.8) is 0 Å². The third kappa shape index (κ3) is 6.58. The van der Waals surface area contributed by atoms with Crippen LogP contribution in [0.4, 0.5) is 18.9 Å². The molecule has 1 rings (SSSR count). The maximum atomic E-state index is 11.8. The summed E-state index contributed by atoms with van der Waals surface area (Å²) >= 11 is 0. The fourth-order valence-corrected chi connectivity index (χ4v) is 1.21. The summed E-state index contributed by atoms with van der Waals surface area (Å²) in [6.45, 7) is 0. The highest BCUT2D eigenvalue weighted by atomic mass is 19.4. The SMILES string of the molecule is CN(C)/N=C/C=C/c1ccccc1N=COC(F)(F)F. The van der Waals surface area contributed by atoms with Gasteiger partial charge in [-0.25, -0.2) is 4.99 Å². The van der Waals surface area contributed by atoms with Crippen molar-refractivity contribution in [3.8, 4) is 0 Å². The molecule has 0 aliphatic rings. The van der Waals surface area contributed by atoms with Gasteiger partial charge in [0.2, 0.25) is 0 Å². The standard InChI is InChI=1S/C13H14F3N3O/c1-19(2)18-9-5-7-11-6-3-4-8-12(11)17-10-20-13(14,15)16/h3-10H,1-2H3/b7-5+,17-10?,18-9+. The molecule has 0 radical (unpaired) electrons. The number of ether oxygens (including phenoxy) is 1. The van der Waals surface area contributed by atoms with E-state index in [0.717, 1.165) is 0 Å². The van der Waals surface area contributed by atoms with Gasteiger partial charge in [0.1, 0.15) is 0 Å². The molecular weight excluding hydrogens is 271 g/mol. The molecule has 108 valence electrons. The van der Waals surface area contributed by atoms with E-state index in [2.05, 4.69) is 14.8 Å². The first-order valence-corrected chi connectivity index (χ1v) is 5.62. The molecule has 0 fully saturated rings. The number of para-hydroxylation sites is 1. The van der Waals surface area contributed by atoms with E-state index < -0.39 is 6.36 Å². The van der Waals surface area contributed by atoms with Crippen molar-refractivity contribution in [1.82, 2.24) is 5.01 Å². The molecule has 0 bridgehead atoms. The van der Waals surface area contributed by atoms with Crippen LogP contribution in [0, 0.1) is 0 Å². The van der Waals surface area contributed by atoms with Gasteiger partial charge in [-0.3, -0.25) is 0 Å². The Balaban J connectivity index is 2.78. The molecule has 0 N–H and O–H groups in total. The second-order valence-corrected chi connectivity index (χ2v) is 3.83. The van der Waals surface area contributed by atoms with E-state index in [0.29, 0.717) is 17.7 Å². The van der Waals surface area contributed by atoms with E-state index >= 15 is 0 Å². The summed E-state index contributed by atoms with van der Waals surface area (Å²) in [6, 6.07) is 6.73. The van der Waals surface area contributed by atoms with Crippen LogP contribution >= 0.6 is 0 Å². The molecule has 0 unspecified atom stereocenters. The van der Waals surface area contributed by atoms with Crippen molar-refractivity contribution in [2.45, 2.75) is 6.36 Å². The molecule has 1 aromatic rings. The van der Waals surface area contributed by atoms with Crippen molar-refractivity contribution >= 4 is 24.4 Å². The van der Waals surface area contributed by atoms with Gasteiger partial charge < -0.3 is 9.75 Å². The van der Waals surface area contributed by atoms with E-state index in [1.165, 1.54) is 0 Å². The lowest BCUT2D eigenvalue weighted by molar-refractivity contribution is -0.280. The lowest BCUT2D eigenvalue weighted by atomic mass is 10.1. The minimum absolute atomic E-state index is 0.367. The van der Waals surface area contributed by atoms with Gasteiger partial charge >= 0.3 is 6.36 Å². The first-order chi connectivity index (χ1) is 9.38. The van der Waals surface area contributed by atoms with Gasteiger partial charge in [-0.15, -0.1) is 13.2 Å². The van der Waals surface area contributed by atoms with Crippen molar-refractivity contribution in [2.24, 2.45) is 10.1 Å². The van der Waals surface area contributed by atoms with Crippen LogP contribution in [0.1, 0.15) is 5.56 Å². The molecule has 20 heavy (non-hydrogen) atoms. The number of benzene rings is 1. The molecule has 0 saturated carbocycles. The van der Waals surface area contributed by atoms with E-state index in [4.69, 9.17) is 0 Å². The minimum Gasteiger partial charge on any atom is -0.395 e. The fraction of sp³-hybridized carbons (Fsp3) is 0.231. The van der Waals surface area contributed by atoms with Crippen LogP contribution < -0.4 is 0 Å². The van der Waals surface area contributed by atoms with Crippen molar-refractivity contribution in [2.75, 3.05) is 14.1 Å². The quantitative estimate of drug-likeness (QED) is 0.472. The van der Waals surface area contributed by atoms with Crippen LogP contribution in [0.2, 0.25) is 0 Å². The zero-order chi connectivity index (χ0) is 15.0. The molecule has 0 aliphatic heterocycles. The average molecular weight is 285 g/mol. The Bertz CT molecular complexity index is 508. The van der Waals surface area contributed by atoms with E-state index in [-0.39, 0.29) is 0 Å². The molecular formula is C13H14F3N3O. The monoisotopic (exact) mass is 285 g/mol. The van der Waals surface area contributed by atoms with Crippen molar-refractivity contribution < 1.29 is 17.9 Å². The summed E-state index contributed by atoms with van der Waals surface area (Å²) in [5, 5.41) is 5.59. The molecule has 0 atom stereocenters. The molecule has 0 amide bonds. The summed E-state index contributed by atoms with van der Waals surface area (Å²) in [5.41, 5.74) is 1.02. The number of hydrazone groups is 1. The number of alkyl halides is 3. The van der Waals surface area contributed by atoms with Gasteiger partial charge in [0.05, 0.1) is 5.69 Å². The molecule has 0 heterocycles. The van der Waals surface area contributed by atoms with Crippen LogP contribution in [0.15, 0.2) is 40.4 Å². The Morgan fingerprint density at radius 1 is 1.20 bits per heavy atom. The summed E-state index contributed by atoms with van der Waals surface area (Å²) in [6.07, 6.45) is 0.562. The first-order valence-electron chi connectivity index (χ1n) is 5.62. The molecule has 0 aliphatic carbocycles. The van der Waals surface area contributed by atoms with Crippen LogP contribution in [0.5, 0.6) is 0 Å². The summed E-state index contributed by atoms with van der Waals surface area (Å²) in [5.74, 6) is 0. The molecule has 0 saturated heterocycles. The summed E-state index contributed by atoms with van der Waals surface area (Å²) in [7, 11) is 3.55. The topological polar surface area (TPSA) is 37.2 Å². The van der Waals surface area contributed by atoms with E-state index in [9.17, 15) is 13.2 Å². The number of aliphatic imine (C=N–C) groups is 1. The lowest BCUT2D eigenvalue weighted by Crippen LogP contribution is -2.11. The highest BCUT2D eigenvalue weighted by molar-refractivity contribution is 5.80. The Labute approximate surface area is 114 Å². The zero-order valence-electron chi connectivity index (χ0n) is 11.0. The molecule has 0 spiro atoms. The Hall–Kier alpha value is -2.31. The predicted molar refractivity (Wildman–Crippen MR) is 72.9 cm³/mol. The van der Waals surface area contributed by atoms with Crippen LogP contribution in [0.25, 0.3) is 6.08 Å². The second-order valence-electron chi connectivity index (χ2n) is 3.83. The van der Waals surface area contributed by atoms with Crippen molar-refractivity contribution in [1.29, 1.82) is 0 Å². The smallest absolute Gasteiger partial charge is 0.395 e. The number of halogens is 3. The number of hydrogen-bond acceptors (Lipinski definition) is 4. The third-order valence-corrected chi connectivity index (χ3v) is 1.97. The average Bonchev–Trinajstić information content (AvgIpc) is 2.34. The summed E-state index contributed by atoms with van der Waals surface area (Å²) < 4.78 is 39.0. The molecule has 0 aromatic heterocycles. The Morgan fingerprint density at radius 3 is 2.55 bits per heavy atom. The highest BCUT2D eigenvalue weighted by Crippen LogP contribution is 2.21. The highest BCUT2D eigenvalue weighted by Gasteiger charge is 2.29.